The topological polar surface area (TPSA) is 110 Å². The van der Waals surface area contributed by atoms with Crippen molar-refractivity contribution in [3.05, 3.63) is 23.8 Å². The molecule has 1 aromatic rings. The molecule has 1 aromatic carbocycles. The average molecular weight is 258 g/mol. The number of carbonyl (C=O) groups is 1. The van der Waals surface area contributed by atoms with E-state index >= 15 is 0 Å². The van der Waals surface area contributed by atoms with Gasteiger partial charge in [0.1, 0.15) is 12.2 Å². The van der Waals surface area contributed by atoms with Crippen LogP contribution in [0.2, 0.25) is 0 Å². The van der Waals surface area contributed by atoms with Crippen molar-refractivity contribution in [3.8, 4) is 5.75 Å². The van der Waals surface area contributed by atoms with Gasteiger partial charge in [-0.25, -0.2) is 9.93 Å². The standard InChI is InChI=1S/C9H10N2O5S/c10-17(14,15)11-4-5-16-8-6(9(12)13)2-1-3-7(8)11/h1-3H,4-5H2,(H,12,13)(H2,10,14,15). The Kier molecular flexibility index (Phi) is 2.68. The molecule has 0 spiro atoms. The largest absolute Gasteiger partial charge is 0.489 e. The Morgan fingerprint density at radius 2 is 2.18 bits per heavy atom. The first-order chi connectivity index (χ1) is 7.91. The van der Waals surface area contributed by atoms with Gasteiger partial charge in [-0.15, -0.1) is 0 Å². The molecule has 0 aromatic heterocycles. The van der Waals surface area contributed by atoms with E-state index in [4.69, 9.17) is 15.0 Å². The van der Waals surface area contributed by atoms with Gasteiger partial charge in [0, 0.05) is 0 Å². The van der Waals surface area contributed by atoms with Crippen LogP contribution in [0.5, 0.6) is 5.75 Å². The maximum absolute atomic E-state index is 11.3. The summed E-state index contributed by atoms with van der Waals surface area (Å²) in [5.74, 6) is -1.15. The summed E-state index contributed by atoms with van der Waals surface area (Å²) in [6, 6.07) is 4.23. The highest BCUT2D eigenvalue weighted by molar-refractivity contribution is 7.90. The van der Waals surface area contributed by atoms with E-state index in [9.17, 15) is 13.2 Å². The predicted molar refractivity (Wildman–Crippen MR) is 59.3 cm³/mol. The van der Waals surface area contributed by atoms with Gasteiger partial charge in [-0.3, -0.25) is 4.31 Å². The molecular weight excluding hydrogens is 248 g/mol. The molecule has 0 saturated carbocycles. The highest BCUT2D eigenvalue weighted by atomic mass is 32.2. The van der Waals surface area contributed by atoms with Crippen LogP contribution < -0.4 is 14.2 Å². The van der Waals surface area contributed by atoms with Crippen molar-refractivity contribution in [2.75, 3.05) is 17.5 Å². The lowest BCUT2D eigenvalue weighted by Gasteiger charge is -2.29. The van der Waals surface area contributed by atoms with Gasteiger partial charge in [-0.1, -0.05) is 6.07 Å². The number of carboxylic acids is 1. The number of aromatic carboxylic acids is 1. The molecule has 7 nitrogen and oxygen atoms in total. The molecule has 3 N–H and O–H groups in total. The first-order valence-corrected chi connectivity index (χ1v) is 6.21. The van der Waals surface area contributed by atoms with Gasteiger partial charge in [0.25, 0.3) is 10.2 Å². The molecule has 8 heteroatoms. The molecule has 1 heterocycles. The Labute approximate surface area is 97.6 Å². The molecule has 92 valence electrons. The highest BCUT2D eigenvalue weighted by Crippen LogP contribution is 2.35. The van der Waals surface area contributed by atoms with Crippen LogP contribution >= 0.6 is 0 Å². The number of benzene rings is 1. The number of ether oxygens (including phenoxy) is 1. The summed E-state index contributed by atoms with van der Waals surface area (Å²) < 4.78 is 28.8. The Hall–Kier alpha value is -1.80. The molecule has 0 radical (unpaired) electrons. The van der Waals surface area contributed by atoms with Crippen LogP contribution in [0.4, 0.5) is 5.69 Å². The van der Waals surface area contributed by atoms with E-state index in [1.165, 1.54) is 18.2 Å². The fraction of sp³-hybridized carbons (Fsp3) is 0.222. The van der Waals surface area contributed by atoms with E-state index < -0.39 is 16.2 Å². The average Bonchev–Trinajstić information content (AvgIpc) is 2.26. The van der Waals surface area contributed by atoms with E-state index in [0.717, 1.165) is 4.31 Å². The Morgan fingerprint density at radius 1 is 1.47 bits per heavy atom. The van der Waals surface area contributed by atoms with Crippen molar-refractivity contribution in [3.63, 3.8) is 0 Å². The number of hydrogen-bond donors (Lipinski definition) is 2. The number of hydrogen-bond acceptors (Lipinski definition) is 4. The van der Waals surface area contributed by atoms with Crippen molar-refractivity contribution in [1.29, 1.82) is 0 Å². The molecule has 0 fully saturated rings. The van der Waals surface area contributed by atoms with Crippen molar-refractivity contribution in [2.45, 2.75) is 0 Å². The molecule has 0 atom stereocenters. The molecule has 0 unspecified atom stereocenters. The van der Waals surface area contributed by atoms with Crippen molar-refractivity contribution < 1.29 is 23.1 Å². The molecule has 17 heavy (non-hydrogen) atoms. The predicted octanol–water partition coefficient (Wildman–Crippen LogP) is -0.213. The monoisotopic (exact) mass is 258 g/mol. The zero-order valence-electron chi connectivity index (χ0n) is 8.66. The van der Waals surface area contributed by atoms with Gasteiger partial charge >= 0.3 is 5.97 Å². The lowest BCUT2D eigenvalue weighted by molar-refractivity contribution is 0.0692. The third-order valence-corrected chi connectivity index (χ3v) is 3.33. The fourth-order valence-corrected chi connectivity index (χ4v) is 2.40. The minimum atomic E-state index is -3.92. The van der Waals surface area contributed by atoms with E-state index in [-0.39, 0.29) is 30.2 Å². The zero-order valence-corrected chi connectivity index (χ0v) is 9.48. The number of nitrogens with two attached hydrogens (primary N) is 1. The highest BCUT2D eigenvalue weighted by Gasteiger charge is 2.28. The summed E-state index contributed by atoms with van der Waals surface area (Å²) in [5, 5.41) is 14.0. The molecule has 0 bridgehead atoms. The Morgan fingerprint density at radius 3 is 2.76 bits per heavy atom. The maximum atomic E-state index is 11.3. The summed E-state index contributed by atoms with van der Waals surface area (Å²) in [4.78, 5) is 11.0. The summed E-state index contributed by atoms with van der Waals surface area (Å²) in [6.45, 7) is 0.128. The van der Waals surface area contributed by atoms with Crippen LogP contribution in [-0.2, 0) is 10.2 Å². The lowest BCUT2D eigenvalue weighted by atomic mass is 10.1. The molecule has 1 aliphatic heterocycles. The molecule has 0 saturated heterocycles. The minimum absolute atomic E-state index is 0.0280. The van der Waals surface area contributed by atoms with Crippen molar-refractivity contribution in [1.82, 2.24) is 0 Å². The first-order valence-electron chi connectivity index (χ1n) is 4.71. The maximum Gasteiger partial charge on any atom is 0.339 e. The smallest absolute Gasteiger partial charge is 0.339 e. The number of rotatable bonds is 2. The second-order valence-corrected chi connectivity index (χ2v) is 4.90. The molecule has 1 aliphatic rings. The van der Waals surface area contributed by atoms with E-state index in [2.05, 4.69) is 0 Å². The Bertz CT molecular complexity index is 569. The van der Waals surface area contributed by atoms with Gasteiger partial charge in [0.15, 0.2) is 5.75 Å². The zero-order chi connectivity index (χ0) is 12.6. The van der Waals surface area contributed by atoms with Crippen molar-refractivity contribution >= 4 is 21.9 Å². The van der Waals surface area contributed by atoms with Crippen molar-refractivity contribution in [2.24, 2.45) is 5.14 Å². The second kappa shape index (κ2) is 3.90. The summed E-state index contributed by atoms with van der Waals surface area (Å²) in [5.41, 5.74) is 0.0644. The number of carboxylic acid groups (broad SMARTS) is 1. The van der Waals surface area contributed by atoms with E-state index in [1.807, 2.05) is 0 Å². The molecular formula is C9H10N2O5S. The molecule has 0 amide bonds. The normalized spacial score (nSPS) is 15.0. The van der Waals surface area contributed by atoms with Gasteiger partial charge in [0.2, 0.25) is 0 Å². The van der Waals surface area contributed by atoms with Crippen LogP contribution in [0.15, 0.2) is 18.2 Å². The third-order valence-electron chi connectivity index (χ3n) is 2.34. The molecule has 2 rings (SSSR count). The number of para-hydroxylation sites is 1. The molecule has 0 aliphatic carbocycles. The number of fused-ring (bicyclic) bond motifs is 1. The number of nitrogens with zero attached hydrogens (tertiary/aromatic N) is 1. The van der Waals surface area contributed by atoms with Gasteiger partial charge in [0.05, 0.1) is 12.2 Å². The van der Waals surface area contributed by atoms with Crippen LogP contribution in [0.3, 0.4) is 0 Å². The van der Waals surface area contributed by atoms with E-state index in [0.29, 0.717) is 0 Å². The fourth-order valence-electron chi connectivity index (χ4n) is 1.66. The second-order valence-electron chi connectivity index (χ2n) is 3.42. The SMILES string of the molecule is NS(=O)(=O)N1CCOc2c(C(=O)O)cccc21. The van der Waals surface area contributed by atoms with Gasteiger partial charge < -0.3 is 9.84 Å². The van der Waals surface area contributed by atoms with Gasteiger partial charge in [-0.05, 0) is 12.1 Å². The summed E-state index contributed by atoms with van der Waals surface area (Å²) in [7, 11) is -3.92. The lowest BCUT2D eigenvalue weighted by Crippen LogP contribution is -2.42. The summed E-state index contributed by atoms with van der Waals surface area (Å²) >= 11 is 0. The van der Waals surface area contributed by atoms with Crippen LogP contribution in [0.1, 0.15) is 10.4 Å². The van der Waals surface area contributed by atoms with Crippen LogP contribution in [-0.4, -0.2) is 32.6 Å². The minimum Gasteiger partial charge on any atom is -0.489 e. The Balaban J connectivity index is 2.61. The quantitative estimate of drug-likeness (QED) is 0.762. The van der Waals surface area contributed by atoms with Gasteiger partial charge in [-0.2, -0.15) is 8.42 Å². The van der Waals surface area contributed by atoms with Crippen LogP contribution in [0, 0.1) is 0 Å². The number of anilines is 1. The van der Waals surface area contributed by atoms with Crippen LogP contribution in [0.25, 0.3) is 0 Å². The third kappa shape index (κ3) is 2.04. The van der Waals surface area contributed by atoms with E-state index in [1.54, 1.807) is 0 Å². The summed E-state index contributed by atoms with van der Waals surface area (Å²) in [6.07, 6.45) is 0. The first kappa shape index (κ1) is 11.7.